The van der Waals surface area contributed by atoms with E-state index >= 15 is 0 Å². The minimum absolute atomic E-state index is 0.0561. The van der Waals surface area contributed by atoms with Gasteiger partial charge in [-0.15, -0.1) is 0 Å². The largest absolute Gasteiger partial charge is 0.294 e. The number of carbonyl (C=O) groups excluding carboxylic acids is 1. The Bertz CT molecular complexity index is 827. The lowest BCUT2D eigenvalue weighted by atomic mass is 9.99. The second-order valence-corrected chi connectivity index (χ2v) is 5.13. The molecule has 4 heteroatoms. The quantitative estimate of drug-likeness (QED) is 0.669. The molecule has 0 aliphatic rings. The first-order valence-corrected chi connectivity index (χ1v) is 6.84. The summed E-state index contributed by atoms with van der Waals surface area (Å²) in [5.41, 5.74) is 1.96. The molecule has 0 N–H and O–H groups in total. The van der Waals surface area contributed by atoms with Gasteiger partial charge in [0.25, 0.3) is 0 Å². The second-order valence-electron chi connectivity index (χ2n) is 4.72. The van der Waals surface area contributed by atoms with Gasteiger partial charge in [0.1, 0.15) is 5.82 Å². The van der Waals surface area contributed by atoms with Gasteiger partial charge in [0.2, 0.25) is 0 Å². The first-order valence-electron chi connectivity index (χ1n) is 6.46. The predicted molar refractivity (Wildman–Crippen MR) is 81.2 cm³/mol. The zero-order chi connectivity index (χ0) is 14.8. The third kappa shape index (κ3) is 2.78. The van der Waals surface area contributed by atoms with Crippen LogP contribution >= 0.6 is 11.6 Å². The highest BCUT2D eigenvalue weighted by Crippen LogP contribution is 2.20. The van der Waals surface area contributed by atoms with E-state index in [-0.39, 0.29) is 17.2 Å². The molecule has 104 valence electrons. The average molecular weight is 300 g/mol. The normalized spacial score (nSPS) is 10.8. The van der Waals surface area contributed by atoms with Gasteiger partial charge in [-0.05, 0) is 29.8 Å². The summed E-state index contributed by atoms with van der Waals surface area (Å²) in [6, 6.07) is 13.5. The number of hydrogen-bond acceptors (Lipinski definition) is 2. The molecule has 0 amide bonds. The highest BCUT2D eigenvalue weighted by molar-refractivity contribution is 6.30. The maximum absolute atomic E-state index is 13.4. The summed E-state index contributed by atoms with van der Waals surface area (Å²) in [6.07, 6.45) is 1.81. The van der Waals surface area contributed by atoms with E-state index in [2.05, 4.69) is 4.98 Å². The molecule has 3 rings (SSSR count). The van der Waals surface area contributed by atoms with Crippen LogP contribution in [-0.4, -0.2) is 10.8 Å². The van der Waals surface area contributed by atoms with Gasteiger partial charge in [-0.2, -0.15) is 0 Å². The van der Waals surface area contributed by atoms with E-state index in [4.69, 9.17) is 11.6 Å². The van der Waals surface area contributed by atoms with E-state index in [0.29, 0.717) is 11.1 Å². The van der Waals surface area contributed by atoms with Crippen molar-refractivity contribution in [1.29, 1.82) is 0 Å². The molecular weight excluding hydrogens is 289 g/mol. The molecule has 0 fully saturated rings. The number of fused-ring (bicyclic) bond motifs is 1. The van der Waals surface area contributed by atoms with Crippen LogP contribution in [0, 0.1) is 5.82 Å². The Hall–Kier alpha value is -2.26. The standard InChI is InChI=1S/C17H11ClFNO/c18-14-7-6-11(9-15(14)19)10-17(21)13-3-1-5-16-12(13)4-2-8-20-16/h1-9H,10H2. The lowest BCUT2D eigenvalue weighted by Crippen LogP contribution is -2.05. The fraction of sp³-hybridized carbons (Fsp3) is 0.0588. The highest BCUT2D eigenvalue weighted by atomic mass is 35.5. The van der Waals surface area contributed by atoms with Crippen molar-refractivity contribution >= 4 is 28.3 Å². The average Bonchev–Trinajstić information content (AvgIpc) is 2.50. The van der Waals surface area contributed by atoms with Crippen LogP contribution in [0.1, 0.15) is 15.9 Å². The predicted octanol–water partition coefficient (Wildman–Crippen LogP) is 4.45. The van der Waals surface area contributed by atoms with Crippen LogP contribution in [0.3, 0.4) is 0 Å². The van der Waals surface area contributed by atoms with Gasteiger partial charge in [0.15, 0.2) is 5.78 Å². The topological polar surface area (TPSA) is 30.0 Å². The molecule has 2 nitrogen and oxygen atoms in total. The molecule has 2 aromatic carbocycles. The molecule has 21 heavy (non-hydrogen) atoms. The van der Waals surface area contributed by atoms with Gasteiger partial charge in [0, 0.05) is 23.6 Å². The molecule has 0 bridgehead atoms. The van der Waals surface area contributed by atoms with Crippen LogP contribution in [0.25, 0.3) is 10.9 Å². The number of Topliss-reactive ketones (excluding diaryl/α,β-unsaturated/α-hetero) is 1. The van der Waals surface area contributed by atoms with Gasteiger partial charge in [-0.3, -0.25) is 9.78 Å². The van der Waals surface area contributed by atoms with Gasteiger partial charge in [-0.25, -0.2) is 4.39 Å². The zero-order valence-corrected chi connectivity index (χ0v) is 11.8. The Balaban J connectivity index is 1.95. The summed E-state index contributed by atoms with van der Waals surface area (Å²) < 4.78 is 13.4. The van der Waals surface area contributed by atoms with Gasteiger partial charge < -0.3 is 0 Å². The van der Waals surface area contributed by atoms with Gasteiger partial charge >= 0.3 is 0 Å². The van der Waals surface area contributed by atoms with Crippen LogP contribution in [0.4, 0.5) is 4.39 Å². The van der Waals surface area contributed by atoms with Crippen molar-refractivity contribution in [2.45, 2.75) is 6.42 Å². The molecular formula is C17H11ClFNO. The number of nitrogens with zero attached hydrogens (tertiary/aromatic N) is 1. The Morgan fingerprint density at radius 1 is 1.14 bits per heavy atom. The fourth-order valence-electron chi connectivity index (χ4n) is 2.28. The van der Waals surface area contributed by atoms with Crippen molar-refractivity contribution in [3.8, 4) is 0 Å². The number of ketones is 1. The molecule has 0 aliphatic heterocycles. The van der Waals surface area contributed by atoms with E-state index in [1.54, 1.807) is 30.5 Å². The third-order valence-electron chi connectivity index (χ3n) is 3.29. The fourth-order valence-corrected chi connectivity index (χ4v) is 2.39. The molecule has 1 aromatic heterocycles. The summed E-state index contributed by atoms with van der Waals surface area (Å²) in [7, 11) is 0. The Labute approximate surface area is 126 Å². The number of hydrogen-bond donors (Lipinski definition) is 0. The maximum atomic E-state index is 13.4. The van der Waals surface area contributed by atoms with Crippen molar-refractivity contribution in [2.24, 2.45) is 0 Å². The van der Waals surface area contributed by atoms with Crippen LogP contribution in [0.15, 0.2) is 54.7 Å². The van der Waals surface area contributed by atoms with E-state index in [1.165, 1.54) is 12.1 Å². The van der Waals surface area contributed by atoms with E-state index in [9.17, 15) is 9.18 Å². The molecule has 0 saturated heterocycles. The summed E-state index contributed by atoms with van der Waals surface area (Å²) in [5, 5.41) is 0.861. The molecule has 0 atom stereocenters. The van der Waals surface area contributed by atoms with Crippen LogP contribution < -0.4 is 0 Å². The third-order valence-corrected chi connectivity index (χ3v) is 3.60. The van der Waals surface area contributed by atoms with E-state index in [1.807, 2.05) is 12.1 Å². The van der Waals surface area contributed by atoms with Crippen molar-refractivity contribution < 1.29 is 9.18 Å². The Kier molecular flexibility index (Phi) is 3.67. The minimum atomic E-state index is -0.512. The SMILES string of the molecule is O=C(Cc1ccc(Cl)c(F)c1)c1cccc2ncccc12. The lowest BCUT2D eigenvalue weighted by Gasteiger charge is -2.06. The molecule has 3 aromatic rings. The minimum Gasteiger partial charge on any atom is -0.294 e. The summed E-state index contributed by atoms with van der Waals surface area (Å²) >= 11 is 5.64. The van der Waals surface area contributed by atoms with Gasteiger partial charge in [0.05, 0.1) is 10.5 Å². The maximum Gasteiger partial charge on any atom is 0.167 e. The van der Waals surface area contributed by atoms with Crippen LogP contribution in [-0.2, 0) is 6.42 Å². The monoisotopic (exact) mass is 299 g/mol. The number of pyridine rings is 1. The first-order chi connectivity index (χ1) is 10.1. The molecule has 1 heterocycles. The number of carbonyl (C=O) groups is 1. The smallest absolute Gasteiger partial charge is 0.167 e. The Morgan fingerprint density at radius 2 is 2.00 bits per heavy atom. The molecule has 0 saturated carbocycles. The first kappa shape index (κ1) is 13.7. The second kappa shape index (κ2) is 5.62. The molecule has 0 aliphatic carbocycles. The summed E-state index contributed by atoms with van der Waals surface area (Å²) in [4.78, 5) is 16.7. The van der Waals surface area contributed by atoms with E-state index < -0.39 is 5.82 Å². The van der Waals surface area contributed by atoms with Crippen molar-refractivity contribution in [2.75, 3.05) is 0 Å². The number of halogens is 2. The lowest BCUT2D eigenvalue weighted by molar-refractivity contribution is 0.0994. The number of benzene rings is 2. The van der Waals surface area contributed by atoms with Crippen molar-refractivity contribution in [1.82, 2.24) is 4.98 Å². The summed E-state index contributed by atoms with van der Waals surface area (Å²) in [6.45, 7) is 0. The van der Waals surface area contributed by atoms with Crippen molar-refractivity contribution in [3.05, 3.63) is 76.7 Å². The van der Waals surface area contributed by atoms with Gasteiger partial charge in [-0.1, -0.05) is 35.9 Å². The van der Waals surface area contributed by atoms with Crippen LogP contribution in [0.5, 0.6) is 0 Å². The molecule has 0 radical (unpaired) electrons. The van der Waals surface area contributed by atoms with Crippen LogP contribution in [0.2, 0.25) is 5.02 Å². The highest BCUT2D eigenvalue weighted by Gasteiger charge is 2.12. The van der Waals surface area contributed by atoms with Crippen molar-refractivity contribution in [3.63, 3.8) is 0 Å². The van der Waals surface area contributed by atoms with E-state index in [0.717, 1.165) is 10.9 Å². The number of rotatable bonds is 3. The molecule has 0 spiro atoms. The summed E-state index contributed by atoms with van der Waals surface area (Å²) in [5.74, 6) is -0.586. The zero-order valence-electron chi connectivity index (χ0n) is 11.0. The Morgan fingerprint density at radius 3 is 2.81 bits per heavy atom. The molecule has 0 unspecified atom stereocenters. The number of aromatic nitrogens is 1.